The molecule has 0 amide bonds. The number of halogens is 1. The van der Waals surface area contributed by atoms with Crippen molar-refractivity contribution in [2.75, 3.05) is 0 Å². The van der Waals surface area contributed by atoms with Crippen molar-refractivity contribution in [3.05, 3.63) is 60.9 Å². The number of aliphatic hydroxyl groups excluding tert-OH is 1. The van der Waals surface area contributed by atoms with Crippen molar-refractivity contribution >= 4 is 11.0 Å². The molecule has 3 heterocycles. The molecule has 0 spiro atoms. The van der Waals surface area contributed by atoms with Crippen LogP contribution in [0.15, 0.2) is 55.1 Å². The van der Waals surface area contributed by atoms with E-state index in [4.69, 9.17) is 4.98 Å². The molecule has 4 aromatic rings. The second-order valence-corrected chi connectivity index (χ2v) is 7.42. The molecule has 1 saturated carbocycles. The molecule has 0 saturated heterocycles. The van der Waals surface area contributed by atoms with Crippen LogP contribution < -0.4 is 0 Å². The van der Waals surface area contributed by atoms with Crippen LogP contribution in [-0.2, 0) is 0 Å². The first kappa shape index (κ1) is 17.1. The fraction of sp³-hybridized carbons (Fsp3) is 0.273. The summed E-state index contributed by atoms with van der Waals surface area (Å²) in [5, 5.41) is 10.9. The van der Waals surface area contributed by atoms with Crippen LogP contribution >= 0.6 is 0 Å². The second-order valence-electron chi connectivity index (χ2n) is 7.42. The molecule has 0 bridgehead atoms. The number of nitrogens with zero attached hydrogens (tertiary/aromatic N) is 3. The highest BCUT2D eigenvalue weighted by Crippen LogP contribution is 2.39. The number of rotatable bonds is 3. The summed E-state index contributed by atoms with van der Waals surface area (Å²) in [4.78, 5) is 12.3. The van der Waals surface area contributed by atoms with Crippen molar-refractivity contribution in [2.45, 2.75) is 37.8 Å². The van der Waals surface area contributed by atoms with Crippen molar-refractivity contribution in [2.24, 2.45) is 0 Å². The Morgan fingerprint density at radius 3 is 2.57 bits per heavy atom. The summed E-state index contributed by atoms with van der Waals surface area (Å²) in [5.74, 6) is -0.261. The Kier molecular flexibility index (Phi) is 4.20. The first-order valence-corrected chi connectivity index (χ1v) is 9.64. The van der Waals surface area contributed by atoms with E-state index in [0.29, 0.717) is 0 Å². The molecular formula is C22H21FN4O. The molecule has 3 aromatic heterocycles. The van der Waals surface area contributed by atoms with E-state index in [9.17, 15) is 9.50 Å². The van der Waals surface area contributed by atoms with Gasteiger partial charge in [-0.05, 0) is 62.1 Å². The zero-order chi connectivity index (χ0) is 19.1. The van der Waals surface area contributed by atoms with Gasteiger partial charge in [0.25, 0.3) is 0 Å². The molecule has 0 unspecified atom stereocenters. The number of imidazole rings is 1. The highest BCUT2D eigenvalue weighted by atomic mass is 19.1. The lowest BCUT2D eigenvalue weighted by Crippen LogP contribution is -2.21. The van der Waals surface area contributed by atoms with Gasteiger partial charge in [-0.3, -0.25) is 0 Å². The van der Waals surface area contributed by atoms with Gasteiger partial charge in [0.15, 0.2) is 0 Å². The number of aromatic nitrogens is 4. The average Bonchev–Trinajstić information content (AvgIpc) is 3.36. The molecule has 1 aliphatic carbocycles. The summed E-state index contributed by atoms with van der Waals surface area (Å²) < 4.78 is 15.7. The maximum atomic E-state index is 13.5. The number of H-pyrrole nitrogens is 1. The molecule has 1 aromatic carbocycles. The Morgan fingerprint density at radius 1 is 1.00 bits per heavy atom. The zero-order valence-electron chi connectivity index (χ0n) is 15.3. The van der Waals surface area contributed by atoms with E-state index in [1.807, 2.05) is 24.7 Å². The lowest BCUT2D eigenvalue weighted by atomic mass is 9.92. The number of fused-ring (bicyclic) bond motifs is 1. The first-order valence-electron chi connectivity index (χ1n) is 9.64. The van der Waals surface area contributed by atoms with Crippen LogP contribution in [0, 0.1) is 5.82 Å². The maximum absolute atomic E-state index is 13.5. The van der Waals surface area contributed by atoms with Crippen LogP contribution in [0.25, 0.3) is 33.5 Å². The van der Waals surface area contributed by atoms with Gasteiger partial charge in [-0.15, -0.1) is 0 Å². The van der Waals surface area contributed by atoms with E-state index < -0.39 is 0 Å². The molecule has 5 nitrogen and oxygen atoms in total. The Morgan fingerprint density at radius 2 is 1.79 bits per heavy atom. The summed E-state index contributed by atoms with van der Waals surface area (Å²) in [7, 11) is 0. The van der Waals surface area contributed by atoms with Crippen molar-refractivity contribution in [3.8, 4) is 22.5 Å². The molecule has 0 atom stereocenters. The number of aliphatic hydroxyl groups is 1. The Labute approximate surface area is 161 Å². The molecular weight excluding hydrogens is 355 g/mol. The minimum Gasteiger partial charge on any atom is -0.393 e. The number of pyridine rings is 1. The topological polar surface area (TPSA) is 66.7 Å². The molecule has 28 heavy (non-hydrogen) atoms. The fourth-order valence-electron chi connectivity index (χ4n) is 4.23. The van der Waals surface area contributed by atoms with Gasteiger partial charge in [0.1, 0.15) is 11.5 Å². The van der Waals surface area contributed by atoms with Crippen LogP contribution in [0.2, 0.25) is 0 Å². The van der Waals surface area contributed by atoms with E-state index >= 15 is 0 Å². The summed E-state index contributed by atoms with van der Waals surface area (Å²) in [5.41, 5.74) is 4.61. The molecule has 5 rings (SSSR count). The van der Waals surface area contributed by atoms with E-state index in [-0.39, 0.29) is 18.0 Å². The number of benzene rings is 1. The largest absolute Gasteiger partial charge is 0.393 e. The molecule has 6 heteroatoms. The predicted molar refractivity (Wildman–Crippen MR) is 106 cm³/mol. The van der Waals surface area contributed by atoms with Crippen LogP contribution in [0.5, 0.6) is 0 Å². The van der Waals surface area contributed by atoms with E-state index in [1.165, 1.54) is 12.1 Å². The predicted octanol–water partition coefficient (Wildman–Crippen LogP) is 4.71. The second kappa shape index (κ2) is 6.87. The summed E-state index contributed by atoms with van der Waals surface area (Å²) in [6.07, 6.45) is 8.77. The first-order chi connectivity index (χ1) is 13.7. The van der Waals surface area contributed by atoms with Gasteiger partial charge in [-0.2, -0.15) is 0 Å². The third-order valence-corrected chi connectivity index (χ3v) is 5.69. The van der Waals surface area contributed by atoms with Gasteiger partial charge in [0.2, 0.25) is 0 Å². The van der Waals surface area contributed by atoms with Crippen LogP contribution in [0.3, 0.4) is 0 Å². The van der Waals surface area contributed by atoms with Gasteiger partial charge in [-0.25, -0.2) is 14.4 Å². The van der Waals surface area contributed by atoms with Crippen molar-refractivity contribution in [1.29, 1.82) is 0 Å². The van der Waals surface area contributed by atoms with E-state index in [1.54, 1.807) is 18.3 Å². The minimum absolute atomic E-state index is 0.211. The fourth-order valence-corrected chi connectivity index (χ4v) is 4.23. The Hall–Kier alpha value is -2.99. The Bertz CT molecular complexity index is 1110. The van der Waals surface area contributed by atoms with Crippen LogP contribution in [0.1, 0.15) is 31.7 Å². The molecule has 0 radical (unpaired) electrons. The zero-order valence-corrected chi connectivity index (χ0v) is 15.3. The van der Waals surface area contributed by atoms with Crippen molar-refractivity contribution < 1.29 is 9.50 Å². The molecule has 142 valence electrons. The van der Waals surface area contributed by atoms with Gasteiger partial charge < -0.3 is 14.7 Å². The third kappa shape index (κ3) is 2.90. The van der Waals surface area contributed by atoms with E-state index in [2.05, 4.69) is 14.5 Å². The number of aromatic amines is 1. The van der Waals surface area contributed by atoms with Crippen LogP contribution in [-0.4, -0.2) is 30.7 Å². The van der Waals surface area contributed by atoms with Crippen molar-refractivity contribution in [1.82, 2.24) is 19.5 Å². The minimum atomic E-state index is -0.261. The SMILES string of the molecule is O[C@H]1CC[C@H](n2cnc(-c3ccc(F)cc3)c2-c2ccnc3[nH]ccc23)CC1. The van der Waals surface area contributed by atoms with Gasteiger partial charge in [0, 0.05) is 34.9 Å². The average molecular weight is 376 g/mol. The highest BCUT2D eigenvalue weighted by Gasteiger charge is 2.26. The lowest BCUT2D eigenvalue weighted by molar-refractivity contribution is 0.111. The van der Waals surface area contributed by atoms with Crippen LogP contribution in [0.4, 0.5) is 4.39 Å². The summed E-state index contributed by atoms with van der Waals surface area (Å²) in [6, 6.07) is 10.8. The number of nitrogens with one attached hydrogen (secondary N) is 1. The quantitative estimate of drug-likeness (QED) is 0.544. The smallest absolute Gasteiger partial charge is 0.137 e. The maximum Gasteiger partial charge on any atom is 0.137 e. The molecule has 1 fully saturated rings. The number of hydrogen-bond donors (Lipinski definition) is 2. The molecule has 2 N–H and O–H groups in total. The van der Waals surface area contributed by atoms with Gasteiger partial charge >= 0.3 is 0 Å². The normalized spacial score (nSPS) is 19.9. The third-order valence-electron chi connectivity index (χ3n) is 5.69. The molecule has 1 aliphatic rings. The van der Waals surface area contributed by atoms with E-state index in [0.717, 1.165) is 59.2 Å². The monoisotopic (exact) mass is 376 g/mol. The highest BCUT2D eigenvalue weighted by molar-refractivity contribution is 5.95. The number of hydrogen-bond acceptors (Lipinski definition) is 3. The molecule has 0 aliphatic heterocycles. The van der Waals surface area contributed by atoms with Gasteiger partial charge in [0.05, 0.1) is 23.8 Å². The Balaban J connectivity index is 1.70. The summed E-state index contributed by atoms with van der Waals surface area (Å²) >= 11 is 0. The summed E-state index contributed by atoms with van der Waals surface area (Å²) in [6.45, 7) is 0. The van der Waals surface area contributed by atoms with Crippen molar-refractivity contribution in [3.63, 3.8) is 0 Å². The van der Waals surface area contributed by atoms with Gasteiger partial charge in [-0.1, -0.05) is 0 Å². The lowest BCUT2D eigenvalue weighted by Gasteiger charge is -2.28. The standard InChI is InChI=1S/C22H21FN4O/c23-15-3-1-14(2-4-15)20-21(18-9-11-24-22-19(18)10-12-25-22)27(13-26-20)16-5-7-17(28)8-6-16/h1-4,9-13,16-17,28H,5-8H2,(H,24,25)/t16-,17-.